The van der Waals surface area contributed by atoms with Crippen molar-refractivity contribution in [3.8, 4) is 0 Å². The zero-order valence-corrected chi connectivity index (χ0v) is 15.6. The molecule has 0 N–H and O–H groups in total. The Morgan fingerprint density at radius 1 is 0.815 bits per heavy atom. The largest absolute Gasteiger partial charge is 0.261 e. The van der Waals surface area contributed by atoms with Crippen LogP contribution in [0, 0.1) is 0 Å². The molecule has 5 heteroatoms. The maximum Gasteiger partial charge on any atom is 0.180 e. The molecule has 0 aromatic heterocycles. The Labute approximate surface area is 159 Å². The molecule has 1 aliphatic rings. The fourth-order valence-corrected chi connectivity index (χ4v) is 4.85. The molecule has 0 saturated heterocycles. The Morgan fingerprint density at radius 3 is 2.00 bits per heavy atom. The van der Waals surface area contributed by atoms with Gasteiger partial charge in [0, 0.05) is 6.42 Å². The van der Waals surface area contributed by atoms with Crippen molar-refractivity contribution in [2.75, 3.05) is 10.8 Å². The molecule has 0 radical (unpaired) electrons. The van der Waals surface area contributed by atoms with Gasteiger partial charge in [-0.1, -0.05) is 66.7 Å². The number of sulfone groups is 1. The van der Waals surface area contributed by atoms with E-state index in [1.165, 1.54) is 0 Å². The number of rotatable bonds is 5. The highest BCUT2D eigenvalue weighted by molar-refractivity contribution is 7.91. The van der Waals surface area contributed by atoms with Gasteiger partial charge in [-0.05, 0) is 29.8 Å². The first kappa shape index (κ1) is 17.5. The van der Waals surface area contributed by atoms with E-state index in [9.17, 15) is 8.42 Å². The third-order valence-electron chi connectivity index (χ3n) is 4.65. The second-order valence-electron chi connectivity index (χ2n) is 6.55. The van der Waals surface area contributed by atoms with E-state index in [4.69, 9.17) is 5.10 Å². The lowest BCUT2D eigenvalue weighted by Crippen LogP contribution is -2.33. The first-order chi connectivity index (χ1) is 13.1. The quantitative estimate of drug-likeness (QED) is 0.672. The van der Waals surface area contributed by atoms with Crippen molar-refractivity contribution in [3.05, 3.63) is 96.6 Å². The van der Waals surface area contributed by atoms with Crippen LogP contribution in [0.3, 0.4) is 0 Å². The molecule has 0 bridgehead atoms. The molecule has 1 aliphatic heterocycles. The smallest absolute Gasteiger partial charge is 0.180 e. The summed E-state index contributed by atoms with van der Waals surface area (Å²) in [6.45, 7) is 0. The minimum Gasteiger partial charge on any atom is -0.261 e. The average Bonchev–Trinajstić information content (AvgIpc) is 3.13. The summed E-state index contributed by atoms with van der Waals surface area (Å²) in [7, 11) is -3.41. The third-order valence-corrected chi connectivity index (χ3v) is 6.46. The number of para-hydroxylation sites is 1. The van der Waals surface area contributed by atoms with Crippen molar-refractivity contribution in [2.45, 2.75) is 17.4 Å². The number of anilines is 1. The summed E-state index contributed by atoms with van der Waals surface area (Å²) >= 11 is 0. The van der Waals surface area contributed by atoms with Crippen LogP contribution in [-0.4, -0.2) is 25.9 Å². The Hall–Kier alpha value is -2.92. The standard InChI is InChI=1S/C22H20N2O2S/c25-27(26,21-14-8-3-9-15-21)17-20-16-22(18-10-4-1-5-11-18)23-24(20)19-12-6-2-7-13-19/h1-15,20H,16-17H2. The SMILES string of the molecule is O=S(=O)(CC1CC(c2ccccc2)=NN1c1ccccc1)c1ccccc1. The number of hydrogen-bond donors (Lipinski definition) is 0. The van der Waals surface area contributed by atoms with Crippen LogP contribution in [0.15, 0.2) is 101 Å². The van der Waals surface area contributed by atoms with Gasteiger partial charge in [0.15, 0.2) is 9.84 Å². The van der Waals surface area contributed by atoms with Gasteiger partial charge in [-0.15, -0.1) is 0 Å². The van der Waals surface area contributed by atoms with Gasteiger partial charge < -0.3 is 0 Å². The summed E-state index contributed by atoms with van der Waals surface area (Å²) in [5.74, 6) is 0.0196. The van der Waals surface area contributed by atoms with Crippen molar-refractivity contribution in [1.29, 1.82) is 0 Å². The van der Waals surface area contributed by atoms with E-state index in [-0.39, 0.29) is 11.8 Å². The second kappa shape index (κ2) is 7.37. The van der Waals surface area contributed by atoms with E-state index in [0.29, 0.717) is 11.3 Å². The topological polar surface area (TPSA) is 49.7 Å². The maximum absolute atomic E-state index is 12.9. The van der Waals surface area contributed by atoms with Crippen LogP contribution in [0.4, 0.5) is 5.69 Å². The Bertz CT molecular complexity index is 1030. The van der Waals surface area contributed by atoms with Crippen LogP contribution in [-0.2, 0) is 9.84 Å². The highest BCUT2D eigenvalue weighted by atomic mass is 32.2. The Kier molecular flexibility index (Phi) is 4.77. The summed E-state index contributed by atoms with van der Waals surface area (Å²) < 4.78 is 25.9. The van der Waals surface area contributed by atoms with Crippen LogP contribution in [0.2, 0.25) is 0 Å². The van der Waals surface area contributed by atoms with Crippen LogP contribution in [0.25, 0.3) is 0 Å². The maximum atomic E-state index is 12.9. The average molecular weight is 376 g/mol. The molecule has 0 spiro atoms. The summed E-state index contributed by atoms with van der Waals surface area (Å²) in [4.78, 5) is 0.353. The molecule has 4 nitrogen and oxygen atoms in total. The number of nitrogens with zero attached hydrogens (tertiary/aromatic N) is 2. The number of hydrazone groups is 1. The lowest BCUT2D eigenvalue weighted by molar-refractivity contribution is 0.585. The van der Waals surface area contributed by atoms with Crippen LogP contribution in [0.1, 0.15) is 12.0 Å². The summed E-state index contributed by atoms with van der Waals surface area (Å²) in [5, 5.41) is 6.62. The van der Waals surface area contributed by atoms with Gasteiger partial charge in [-0.25, -0.2) is 8.42 Å². The Balaban J connectivity index is 1.67. The molecule has 1 heterocycles. The van der Waals surface area contributed by atoms with Gasteiger partial charge in [0.2, 0.25) is 0 Å². The van der Waals surface area contributed by atoms with Crippen molar-refractivity contribution >= 4 is 21.2 Å². The van der Waals surface area contributed by atoms with E-state index in [0.717, 1.165) is 17.0 Å². The van der Waals surface area contributed by atoms with Crippen LogP contribution >= 0.6 is 0 Å². The van der Waals surface area contributed by atoms with E-state index in [1.54, 1.807) is 24.3 Å². The molecule has 3 aromatic carbocycles. The van der Waals surface area contributed by atoms with Crippen molar-refractivity contribution in [3.63, 3.8) is 0 Å². The van der Waals surface area contributed by atoms with Gasteiger partial charge >= 0.3 is 0 Å². The molecule has 1 unspecified atom stereocenters. The molecule has 4 rings (SSSR count). The summed E-state index contributed by atoms with van der Waals surface area (Å²) in [6.07, 6.45) is 0.588. The lowest BCUT2D eigenvalue weighted by Gasteiger charge is -2.23. The van der Waals surface area contributed by atoms with Gasteiger partial charge in [0.1, 0.15) is 0 Å². The van der Waals surface area contributed by atoms with Crippen molar-refractivity contribution in [1.82, 2.24) is 0 Å². The highest BCUT2D eigenvalue weighted by Gasteiger charge is 2.33. The third kappa shape index (κ3) is 3.78. The van der Waals surface area contributed by atoms with Crippen molar-refractivity contribution < 1.29 is 8.42 Å². The van der Waals surface area contributed by atoms with Gasteiger partial charge in [0.05, 0.1) is 28.1 Å². The molecular weight excluding hydrogens is 356 g/mol. The van der Waals surface area contributed by atoms with Crippen molar-refractivity contribution in [2.24, 2.45) is 5.10 Å². The molecular formula is C22H20N2O2S. The molecule has 0 saturated carbocycles. The predicted octanol–water partition coefficient (Wildman–Crippen LogP) is 4.14. The van der Waals surface area contributed by atoms with Gasteiger partial charge in [0.25, 0.3) is 0 Å². The zero-order valence-electron chi connectivity index (χ0n) is 14.8. The molecule has 27 heavy (non-hydrogen) atoms. The lowest BCUT2D eigenvalue weighted by atomic mass is 10.1. The highest BCUT2D eigenvalue weighted by Crippen LogP contribution is 2.28. The summed E-state index contributed by atoms with van der Waals surface area (Å²) in [6, 6.07) is 28.0. The monoisotopic (exact) mass is 376 g/mol. The van der Waals surface area contributed by atoms with E-state index < -0.39 is 9.84 Å². The van der Waals surface area contributed by atoms with Gasteiger partial charge in [-0.2, -0.15) is 5.10 Å². The second-order valence-corrected chi connectivity index (χ2v) is 8.58. The van der Waals surface area contributed by atoms with E-state index >= 15 is 0 Å². The van der Waals surface area contributed by atoms with Gasteiger partial charge in [-0.3, -0.25) is 5.01 Å². The fourth-order valence-electron chi connectivity index (χ4n) is 3.32. The zero-order chi connectivity index (χ0) is 18.7. The first-order valence-corrected chi connectivity index (χ1v) is 10.5. The molecule has 1 atom stereocenters. The Morgan fingerprint density at radius 2 is 1.37 bits per heavy atom. The minimum atomic E-state index is -3.41. The van der Waals surface area contributed by atoms with Crippen LogP contribution < -0.4 is 5.01 Å². The molecule has 0 fully saturated rings. The predicted molar refractivity (Wildman–Crippen MR) is 109 cm³/mol. The van der Waals surface area contributed by atoms with Crippen LogP contribution in [0.5, 0.6) is 0 Å². The number of hydrogen-bond acceptors (Lipinski definition) is 4. The summed E-state index contributed by atoms with van der Waals surface area (Å²) in [5.41, 5.74) is 2.84. The number of benzene rings is 3. The molecule has 0 amide bonds. The molecule has 3 aromatic rings. The normalized spacial score (nSPS) is 17.0. The molecule has 136 valence electrons. The fraction of sp³-hybridized carbons (Fsp3) is 0.136. The van der Waals surface area contributed by atoms with E-state index in [1.807, 2.05) is 71.7 Å². The molecule has 0 aliphatic carbocycles. The first-order valence-electron chi connectivity index (χ1n) is 8.88. The minimum absolute atomic E-state index is 0.0196. The van der Waals surface area contributed by atoms with E-state index in [2.05, 4.69) is 0 Å².